The third kappa shape index (κ3) is 3.23. The number of anilines is 1. The van der Waals surface area contributed by atoms with Crippen LogP contribution in [0.2, 0.25) is 0 Å². The number of hydrogen-bond donors (Lipinski definition) is 1. The molecule has 2 aromatic carbocycles. The van der Waals surface area contributed by atoms with E-state index in [0.29, 0.717) is 23.6 Å². The molecule has 154 valence electrons. The summed E-state index contributed by atoms with van der Waals surface area (Å²) in [6.45, 7) is 2.08. The normalized spacial score (nSPS) is 15.2. The summed E-state index contributed by atoms with van der Waals surface area (Å²) in [4.78, 5) is 28.2. The Hall–Kier alpha value is -3.71. The Labute approximate surface area is 183 Å². The molecule has 0 unspecified atom stereocenters. The van der Waals surface area contributed by atoms with Gasteiger partial charge in [-0.2, -0.15) is 5.10 Å². The Kier molecular flexibility index (Phi) is 4.88. The monoisotopic (exact) mass is 429 g/mol. The number of benzene rings is 2. The fourth-order valence-corrected chi connectivity index (χ4v) is 4.67. The van der Waals surface area contributed by atoms with Crippen LogP contribution in [0.5, 0.6) is 0 Å². The van der Waals surface area contributed by atoms with Crippen molar-refractivity contribution in [3.8, 4) is 10.6 Å². The van der Waals surface area contributed by atoms with Crippen LogP contribution in [-0.4, -0.2) is 28.7 Å². The second-order valence-electron chi connectivity index (χ2n) is 7.09. The molecule has 5 rings (SSSR count). The van der Waals surface area contributed by atoms with Gasteiger partial charge in [0.25, 0.3) is 5.91 Å². The number of nitrogens with zero attached hydrogens (tertiary/aromatic N) is 2. The number of aromatic nitrogens is 2. The van der Waals surface area contributed by atoms with Gasteiger partial charge in [0.15, 0.2) is 5.69 Å². The summed E-state index contributed by atoms with van der Waals surface area (Å²) in [5.74, 6) is -0.554. The van der Waals surface area contributed by atoms with Crippen molar-refractivity contribution in [2.45, 2.75) is 13.0 Å². The van der Waals surface area contributed by atoms with Crippen molar-refractivity contribution in [1.29, 1.82) is 0 Å². The summed E-state index contributed by atoms with van der Waals surface area (Å²) in [5, 5.41) is 9.44. The summed E-state index contributed by atoms with van der Waals surface area (Å²) in [7, 11) is 0. The zero-order valence-corrected chi connectivity index (χ0v) is 17.6. The van der Waals surface area contributed by atoms with Crippen molar-refractivity contribution in [1.82, 2.24) is 10.2 Å². The van der Waals surface area contributed by atoms with Crippen molar-refractivity contribution in [3.63, 3.8) is 0 Å². The lowest BCUT2D eigenvalue weighted by Crippen LogP contribution is -2.29. The Morgan fingerprint density at radius 3 is 2.55 bits per heavy atom. The molecule has 0 radical (unpaired) electrons. The first-order chi connectivity index (χ1) is 15.2. The first-order valence-electron chi connectivity index (χ1n) is 9.97. The molecule has 1 amide bonds. The maximum atomic E-state index is 13.4. The van der Waals surface area contributed by atoms with E-state index in [1.54, 1.807) is 47.4 Å². The first-order valence-corrected chi connectivity index (χ1v) is 10.8. The summed E-state index contributed by atoms with van der Waals surface area (Å²) >= 11 is 1.60. The van der Waals surface area contributed by atoms with Crippen LogP contribution in [0.4, 0.5) is 5.69 Å². The highest BCUT2D eigenvalue weighted by Crippen LogP contribution is 2.45. The topological polar surface area (TPSA) is 75.3 Å². The number of carbonyl (C=O) groups is 2. The van der Waals surface area contributed by atoms with Crippen molar-refractivity contribution < 1.29 is 14.3 Å². The van der Waals surface area contributed by atoms with E-state index in [1.165, 1.54) is 0 Å². The van der Waals surface area contributed by atoms with E-state index in [4.69, 9.17) is 4.74 Å². The molecule has 31 heavy (non-hydrogen) atoms. The van der Waals surface area contributed by atoms with Crippen LogP contribution in [0.1, 0.15) is 44.9 Å². The Balaban J connectivity index is 1.62. The second kappa shape index (κ2) is 7.85. The van der Waals surface area contributed by atoms with Crippen LogP contribution >= 0.6 is 11.3 Å². The average Bonchev–Trinajstić information content (AvgIpc) is 3.52. The number of esters is 1. The summed E-state index contributed by atoms with van der Waals surface area (Å²) in [5.41, 5.74) is 4.29. The number of hydrogen-bond acceptors (Lipinski definition) is 5. The van der Waals surface area contributed by atoms with E-state index in [0.717, 1.165) is 21.7 Å². The minimum absolute atomic E-state index is 0.174. The van der Waals surface area contributed by atoms with Crippen LogP contribution in [0, 0.1) is 0 Å². The van der Waals surface area contributed by atoms with Gasteiger partial charge < -0.3 is 4.74 Å². The molecule has 0 saturated carbocycles. The highest BCUT2D eigenvalue weighted by molar-refractivity contribution is 7.13. The molecule has 4 aromatic rings. The number of amides is 1. The zero-order chi connectivity index (χ0) is 21.4. The first kappa shape index (κ1) is 19.3. The molecule has 1 atom stereocenters. The third-order valence-corrected chi connectivity index (χ3v) is 6.18. The maximum Gasteiger partial charge on any atom is 0.338 e. The fourth-order valence-electron chi connectivity index (χ4n) is 3.94. The lowest BCUT2D eigenvalue weighted by atomic mass is 9.98. The molecule has 0 aliphatic carbocycles. The predicted molar refractivity (Wildman–Crippen MR) is 119 cm³/mol. The SMILES string of the molecule is CCOC(=O)c1ccc(N2C(=O)c3n[nH]c(-c4cccs4)c3[C@@H]2c2ccccc2)cc1. The molecule has 3 heterocycles. The van der Waals surface area contributed by atoms with Crippen LogP contribution in [0.25, 0.3) is 10.6 Å². The van der Waals surface area contributed by atoms with E-state index >= 15 is 0 Å². The molecular formula is C24H19N3O3S. The Bertz CT molecular complexity index is 1230. The number of H-pyrrole nitrogens is 1. The number of ether oxygens (including phenoxy) is 1. The third-order valence-electron chi connectivity index (χ3n) is 5.30. The molecular weight excluding hydrogens is 410 g/mol. The van der Waals surface area contributed by atoms with Gasteiger partial charge in [0.1, 0.15) is 0 Å². The molecule has 0 spiro atoms. The highest BCUT2D eigenvalue weighted by Gasteiger charge is 2.43. The molecule has 6 nitrogen and oxygen atoms in total. The highest BCUT2D eigenvalue weighted by atomic mass is 32.1. The lowest BCUT2D eigenvalue weighted by molar-refractivity contribution is 0.0526. The van der Waals surface area contributed by atoms with E-state index in [9.17, 15) is 9.59 Å². The maximum absolute atomic E-state index is 13.4. The number of fused-ring (bicyclic) bond motifs is 1. The number of thiophene rings is 1. The van der Waals surface area contributed by atoms with Gasteiger partial charge in [-0.1, -0.05) is 36.4 Å². The number of rotatable bonds is 5. The fraction of sp³-hybridized carbons (Fsp3) is 0.125. The van der Waals surface area contributed by atoms with Gasteiger partial charge in [0.2, 0.25) is 0 Å². The van der Waals surface area contributed by atoms with Crippen LogP contribution in [-0.2, 0) is 4.74 Å². The van der Waals surface area contributed by atoms with Crippen molar-refractivity contribution in [2.75, 3.05) is 11.5 Å². The van der Waals surface area contributed by atoms with Crippen LogP contribution in [0.15, 0.2) is 72.1 Å². The van der Waals surface area contributed by atoms with Crippen molar-refractivity contribution in [2.24, 2.45) is 0 Å². The van der Waals surface area contributed by atoms with Gasteiger partial charge in [-0.15, -0.1) is 11.3 Å². The van der Waals surface area contributed by atoms with Gasteiger partial charge in [0.05, 0.1) is 28.8 Å². The molecule has 0 bridgehead atoms. The number of aromatic amines is 1. The average molecular weight is 430 g/mol. The molecule has 1 aliphatic rings. The van der Waals surface area contributed by atoms with Crippen molar-refractivity contribution in [3.05, 3.63) is 94.5 Å². The number of nitrogens with one attached hydrogen (secondary N) is 1. The molecule has 1 aliphatic heterocycles. The summed E-state index contributed by atoms with van der Waals surface area (Å²) in [6, 6.07) is 20.5. The van der Waals surface area contributed by atoms with Gasteiger partial charge in [0, 0.05) is 11.3 Å². The van der Waals surface area contributed by atoms with E-state index < -0.39 is 0 Å². The summed E-state index contributed by atoms with van der Waals surface area (Å²) in [6.07, 6.45) is 0. The smallest absolute Gasteiger partial charge is 0.338 e. The Morgan fingerprint density at radius 2 is 1.87 bits per heavy atom. The molecule has 7 heteroatoms. The summed E-state index contributed by atoms with van der Waals surface area (Å²) < 4.78 is 5.07. The lowest BCUT2D eigenvalue weighted by Gasteiger charge is -2.26. The second-order valence-corrected chi connectivity index (χ2v) is 8.04. The van der Waals surface area contributed by atoms with Crippen LogP contribution < -0.4 is 4.90 Å². The largest absolute Gasteiger partial charge is 0.462 e. The predicted octanol–water partition coefficient (Wildman–Crippen LogP) is 5.06. The van der Waals surface area contributed by atoms with Crippen LogP contribution in [0.3, 0.4) is 0 Å². The Morgan fingerprint density at radius 1 is 1.10 bits per heavy atom. The molecule has 0 saturated heterocycles. The molecule has 1 N–H and O–H groups in total. The van der Waals surface area contributed by atoms with Gasteiger partial charge in [-0.05, 0) is 48.2 Å². The minimum Gasteiger partial charge on any atom is -0.462 e. The molecule has 2 aromatic heterocycles. The van der Waals surface area contributed by atoms with Gasteiger partial charge in [-0.25, -0.2) is 4.79 Å². The van der Waals surface area contributed by atoms with Crippen molar-refractivity contribution >= 4 is 28.9 Å². The van der Waals surface area contributed by atoms with E-state index in [-0.39, 0.29) is 17.9 Å². The standard InChI is InChI=1S/C24H19N3O3S/c1-2-30-24(29)16-10-12-17(13-11-16)27-22(15-7-4-3-5-8-15)19-20(18-9-6-14-31-18)25-26-21(19)23(27)28/h3-14,22H,2H2,1H3,(H,25,26)/t22-/m0/s1. The number of carbonyl (C=O) groups excluding carboxylic acids is 2. The minimum atomic E-state index is -0.380. The zero-order valence-electron chi connectivity index (χ0n) is 16.7. The van der Waals surface area contributed by atoms with E-state index in [1.807, 2.05) is 47.8 Å². The quantitative estimate of drug-likeness (QED) is 0.450. The van der Waals surface area contributed by atoms with Gasteiger partial charge >= 0.3 is 5.97 Å². The van der Waals surface area contributed by atoms with E-state index in [2.05, 4.69) is 10.2 Å². The van der Waals surface area contributed by atoms with Gasteiger partial charge in [-0.3, -0.25) is 14.8 Å². The molecule has 0 fully saturated rings.